The highest BCUT2D eigenvalue weighted by atomic mass is 32.2. The number of anilines is 1. The van der Waals surface area contributed by atoms with Crippen molar-refractivity contribution in [1.82, 2.24) is 10.2 Å². The normalized spacial score (nSPS) is 21.0. The van der Waals surface area contributed by atoms with Crippen LogP contribution < -0.4 is 10.6 Å². The quantitative estimate of drug-likeness (QED) is 0.326. The zero-order chi connectivity index (χ0) is 23.3. The molecule has 11 heteroatoms. The molecule has 1 saturated heterocycles. The van der Waals surface area contributed by atoms with Crippen molar-refractivity contribution in [3.8, 4) is 0 Å². The van der Waals surface area contributed by atoms with Gasteiger partial charge in [-0.15, -0.1) is 0 Å². The summed E-state index contributed by atoms with van der Waals surface area (Å²) < 4.78 is 29.0. The number of carbonyl (C=O) groups is 1. The number of morpholine rings is 1. The largest absolute Gasteiger partial charge is 0.378 e. The molecule has 0 aliphatic carbocycles. The predicted molar refractivity (Wildman–Crippen MR) is 118 cm³/mol. The Morgan fingerprint density at radius 1 is 1.26 bits per heavy atom. The van der Waals surface area contributed by atoms with Crippen LogP contribution in [0.2, 0.25) is 0 Å². The number of hydrogen-bond acceptors (Lipinski definition) is 8. The lowest BCUT2D eigenvalue weighted by molar-refractivity contribution is -0.384. The Hall–Kier alpha value is -2.24. The third-order valence-corrected chi connectivity index (χ3v) is 6.19. The van der Waals surface area contributed by atoms with Gasteiger partial charge in [0.05, 0.1) is 28.1 Å². The van der Waals surface area contributed by atoms with E-state index in [0.717, 1.165) is 12.3 Å². The van der Waals surface area contributed by atoms with Gasteiger partial charge >= 0.3 is 0 Å². The molecule has 31 heavy (non-hydrogen) atoms. The minimum absolute atomic E-state index is 0.0509. The monoisotopic (exact) mass is 456 g/mol. The molecule has 10 nitrogen and oxygen atoms in total. The molecule has 1 amide bonds. The van der Waals surface area contributed by atoms with Gasteiger partial charge < -0.3 is 15.4 Å². The highest BCUT2D eigenvalue weighted by Gasteiger charge is 2.34. The van der Waals surface area contributed by atoms with E-state index in [0.29, 0.717) is 13.1 Å². The van der Waals surface area contributed by atoms with E-state index in [1.165, 1.54) is 12.1 Å². The molecule has 1 aromatic carbocycles. The number of benzene rings is 1. The molecular formula is C20H32N4O6S. The van der Waals surface area contributed by atoms with Gasteiger partial charge in [-0.05, 0) is 31.9 Å². The molecule has 0 spiro atoms. The van der Waals surface area contributed by atoms with E-state index in [4.69, 9.17) is 4.74 Å². The van der Waals surface area contributed by atoms with Gasteiger partial charge in [0.15, 0.2) is 9.84 Å². The lowest BCUT2D eigenvalue weighted by Crippen LogP contribution is -2.57. The van der Waals surface area contributed by atoms with Crippen molar-refractivity contribution in [2.45, 2.75) is 50.8 Å². The van der Waals surface area contributed by atoms with Gasteiger partial charge in [-0.25, -0.2) is 8.42 Å². The van der Waals surface area contributed by atoms with Gasteiger partial charge in [0.1, 0.15) is 5.69 Å². The number of carbonyl (C=O) groups excluding carboxylic acids is 1. The molecule has 0 radical (unpaired) electrons. The van der Waals surface area contributed by atoms with Gasteiger partial charge in [-0.1, -0.05) is 13.8 Å². The topological polar surface area (TPSA) is 131 Å². The van der Waals surface area contributed by atoms with E-state index in [1.54, 1.807) is 0 Å². The van der Waals surface area contributed by atoms with E-state index >= 15 is 0 Å². The van der Waals surface area contributed by atoms with Crippen molar-refractivity contribution in [3.05, 3.63) is 28.3 Å². The Labute approximate surface area is 183 Å². The molecule has 1 aliphatic heterocycles. The molecule has 0 saturated carbocycles. The van der Waals surface area contributed by atoms with Gasteiger partial charge in [0, 0.05) is 38.5 Å². The summed E-state index contributed by atoms with van der Waals surface area (Å²) >= 11 is 0. The van der Waals surface area contributed by atoms with Crippen molar-refractivity contribution in [3.63, 3.8) is 0 Å². The summed E-state index contributed by atoms with van der Waals surface area (Å²) in [6, 6.07) is 3.42. The third kappa shape index (κ3) is 6.88. The van der Waals surface area contributed by atoms with Crippen LogP contribution in [0.15, 0.2) is 23.1 Å². The number of ether oxygens (including phenoxy) is 1. The van der Waals surface area contributed by atoms with Crippen molar-refractivity contribution in [1.29, 1.82) is 0 Å². The van der Waals surface area contributed by atoms with E-state index < -0.39 is 14.8 Å². The molecule has 1 fully saturated rings. The first-order valence-electron chi connectivity index (χ1n) is 10.3. The molecule has 2 N–H and O–H groups in total. The van der Waals surface area contributed by atoms with Crippen LogP contribution in [0.1, 0.15) is 27.7 Å². The molecule has 1 heterocycles. The number of nitrogens with zero attached hydrogens (tertiary/aromatic N) is 2. The number of hydrogen-bond donors (Lipinski definition) is 2. The fraction of sp³-hybridized carbons (Fsp3) is 0.650. The second-order valence-corrected chi connectivity index (χ2v) is 10.3. The van der Waals surface area contributed by atoms with Gasteiger partial charge in [-0.2, -0.15) is 0 Å². The zero-order valence-corrected chi connectivity index (χ0v) is 19.4. The standard InChI is InChI=1S/C20H32N4O6S/c1-13(2)19(23-11-14(3)30-15(4)12-23)20(25)22-9-8-21-17-7-6-16(31(5,28)29)10-18(17)24(26)27/h6-7,10,13-15,19,21H,8-9,11-12H2,1-5H3,(H,22,25). The Bertz CT molecular complexity index is 895. The van der Waals surface area contributed by atoms with Crippen LogP contribution in [0, 0.1) is 16.0 Å². The second-order valence-electron chi connectivity index (χ2n) is 8.33. The van der Waals surface area contributed by atoms with Crippen LogP contribution in [0.25, 0.3) is 0 Å². The fourth-order valence-electron chi connectivity index (χ4n) is 3.87. The molecular weight excluding hydrogens is 424 g/mol. The highest BCUT2D eigenvalue weighted by Crippen LogP contribution is 2.27. The van der Waals surface area contributed by atoms with Gasteiger partial charge in [0.2, 0.25) is 5.91 Å². The Balaban J connectivity index is 1.98. The van der Waals surface area contributed by atoms with E-state index in [-0.39, 0.29) is 59.4 Å². The van der Waals surface area contributed by atoms with Crippen LogP contribution >= 0.6 is 0 Å². The molecule has 0 aromatic heterocycles. The van der Waals surface area contributed by atoms with E-state index in [2.05, 4.69) is 15.5 Å². The van der Waals surface area contributed by atoms with Crippen LogP contribution in [0.3, 0.4) is 0 Å². The predicted octanol–water partition coefficient (Wildman–Crippen LogP) is 1.66. The molecule has 2 rings (SSSR count). The summed E-state index contributed by atoms with van der Waals surface area (Å²) in [4.78, 5) is 25.5. The maximum absolute atomic E-state index is 12.8. The summed E-state index contributed by atoms with van der Waals surface area (Å²) in [6.45, 7) is 9.86. The molecule has 3 atom stereocenters. The number of nitro benzene ring substituents is 1. The minimum atomic E-state index is -3.55. The van der Waals surface area contributed by atoms with Crippen molar-refractivity contribution in [2.75, 3.05) is 37.8 Å². The van der Waals surface area contributed by atoms with Crippen molar-refractivity contribution < 1.29 is 22.9 Å². The van der Waals surface area contributed by atoms with Crippen LogP contribution in [-0.2, 0) is 19.4 Å². The second kappa shape index (κ2) is 10.4. The highest BCUT2D eigenvalue weighted by molar-refractivity contribution is 7.90. The van der Waals surface area contributed by atoms with Crippen molar-refractivity contribution >= 4 is 27.1 Å². The molecule has 3 unspecified atom stereocenters. The SMILES string of the molecule is CC1CN(C(C(=O)NCCNc2ccc(S(C)(=O)=O)cc2[N+](=O)[O-])C(C)C)CC(C)O1. The van der Waals surface area contributed by atoms with Crippen LogP contribution in [0.5, 0.6) is 0 Å². The third-order valence-electron chi connectivity index (χ3n) is 5.08. The van der Waals surface area contributed by atoms with Crippen LogP contribution in [0.4, 0.5) is 11.4 Å². The van der Waals surface area contributed by atoms with E-state index in [1.807, 2.05) is 27.7 Å². The number of nitrogens with one attached hydrogen (secondary N) is 2. The maximum atomic E-state index is 12.8. The number of sulfone groups is 1. The molecule has 1 aromatic rings. The van der Waals surface area contributed by atoms with Crippen LogP contribution in [-0.4, -0.2) is 74.8 Å². The lowest BCUT2D eigenvalue weighted by Gasteiger charge is -2.41. The first-order valence-corrected chi connectivity index (χ1v) is 12.2. The number of amides is 1. The minimum Gasteiger partial charge on any atom is -0.378 e. The first kappa shape index (κ1) is 25.0. The Morgan fingerprint density at radius 2 is 1.87 bits per heavy atom. The zero-order valence-electron chi connectivity index (χ0n) is 18.6. The number of rotatable bonds is 9. The summed E-state index contributed by atoms with van der Waals surface area (Å²) in [5.41, 5.74) is -0.131. The Kier molecular flexibility index (Phi) is 8.38. The van der Waals surface area contributed by atoms with Crippen molar-refractivity contribution in [2.24, 2.45) is 5.92 Å². The smallest absolute Gasteiger partial charge is 0.293 e. The molecule has 1 aliphatic rings. The lowest BCUT2D eigenvalue weighted by atomic mass is 9.99. The van der Waals surface area contributed by atoms with E-state index in [9.17, 15) is 23.3 Å². The average molecular weight is 457 g/mol. The van der Waals surface area contributed by atoms with Gasteiger partial charge in [0.25, 0.3) is 5.69 Å². The maximum Gasteiger partial charge on any atom is 0.293 e. The summed E-state index contributed by atoms with van der Waals surface area (Å²) in [5, 5.41) is 17.1. The van der Waals surface area contributed by atoms with Gasteiger partial charge in [-0.3, -0.25) is 19.8 Å². The molecule has 0 bridgehead atoms. The summed E-state index contributed by atoms with van der Waals surface area (Å²) in [7, 11) is -3.55. The summed E-state index contributed by atoms with van der Waals surface area (Å²) in [6.07, 6.45) is 1.10. The number of nitro groups is 1. The molecule has 174 valence electrons. The average Bonchev–Trinajstić information content (AvgIpc) is 2.63. The first-order chi connectivity index (χ1) is 14.4. The Morgan fingerprint density at radius 3 is 2.39 bits per heavy atom. The summed E-state index contributed by atoms with van der Waals surface area (Å²) in [5.74, 6) is 0.00936. The fourth-order valence-corrected chi connectivity index (χ4v) is 4.51.